The van der Waals surface area contributed by atoms with Crippen molar-refractivity contribution in [3.8, 4) is 0 Å². The van der Waals surface area contributed by atoms with E-state index >= 15 is 0 Å². The Balaban J connectivity index is 1.95. The summed E-state index contributed by atoms with van der Waals surface area (Å²) in [5, 5.41) is 4.97. The third kappa shape index (κ3) is 4.98. The van der Waals surface area contributed by atoms with Crippen molar-refractivity contribution in [2.75, 3.05) is 11.1 Å². The van der Waals surface area contributed by atoms with Crippen LogP contribution in [0, 0.1) is 5.92 Å². The molecule has 0 bridgehead atoms. The molecule has 2 aromatic heterocycles. The molecule has 2 aromatic rings. The lowest BCUT2D eigenvalue weighted by Crippen LogP contribution is -2.15. The van der Waals surface area contributed by atoms with Gasteiger partial charge in [0.2, 0.25) is 0 Å². The zero-order chi connectivity index (χ0) is 20.1. The van der Waals surface area contributed by atoms with Crippen LogP contribution in [0.3, 0.4) is 0 Å². The monoisotopic (exact) mass is 439 g/mol. The Hall–Kier alpha value is -1.77. The minimum Gasteiger partial charge on any atom is -0.298 e. The third-order valence-corrected chi connectivity index (χ3v) is 7.53. The fourth-order valence-electron chi connectivity index (χ4n) is 3.28. The highest BCUT2D eigenvalue weighted by Crippen LogP contribution is 2.31. The van der Waals surface area contributed by atoms with Crippen LogP contribution in [0.25, 0.3) is 5.57 Å². The number of amides is 1. The van der Waals surface area contributed by atoms with Crippen LogP contribution in [0.1, 0.15) is 44.6 Å². The second-order valence-electron chi connectivity index (χ2n) is 6.75. The maximum atomic E-state index is 12.9. The van der Waals surface area contributed by atoms with Gasteiger partial charge in [0, 0.05) is 28.9 Å². The van der Waals surface area contributed by atoms with Crippen LogP contribution in [-0.2, 0) is 14.6 Å². The van der Waals surface area contributed by atoms with E-state index in [0.29, 0.717) is 28.6 Å². The van der Waals surface area contributed by atoms with Gasteiger partial charge in [0.1, 0.15) is 0 Å². The van der Waals surface area contributed by atoms with Crippen LogP contribution < -0.4 is 5.32 Å². The van der Waals surface area contributed by atoms with Crippen molar-refractivity contribution in [1.29, 1.82) is 0 Å². The molecule has 2 heterocycles. The lowest BCUT2D eigenvalue weighted by atomic mass is 9.99. The zero-order valence-electron chi connectivity index (χ0n) is 15.5. The van der Waals surface area contributed by atoms with Gasteiger partial charge in [0.05, 0.1) is 10.8 Å². The van der Waals surface area contributed by atoms with E-state index in [-0.39, 0.29) is 21.7 Å². The molecule has 0 saturated heterocycles. The Morgan fingerprint density at radius 1 is 1.36 bits per heavy atom. The molecule has 0 aromatic carbocycles. The van der Waals surface area contributed by atoms with Crippen molar-refractivity contribution in [2.24, 2.45) is 5.92 Å². The number of aromatic nitrogens is 2. The second-order valence-corrected chi connectivity index (χ2v) is 10.1. The van der Waals surface area contributed by atoms with E-state index in [2.05, 4.69) is 15.3 Å². The van der Waals surface area contributed by atoms with Crippen LogP contribution in [0.4, 0.5) is 5.13 Å². The lowest BCUT2D eigenvalue weighted by Gasteiger charge is -2.12. The summed E-state index contributed by atoms with van der Waals surface area (Å²) in [6.07, 6.45) is 9.78. The molecule has 0 radical (unpaired) electrons. The van der Waals surface area contributed by atoms with Crippen molar-refractivity contribution in [2.45, 2.75) is 44.1 Å². The molecule has 1 aliphatic carbocycles. The van der Waals surface area contributed by atoms with Gasteiger partial charge in [-0.2, -0.15) is 0 Å². The smallest absolute Gasteiger partial charge is 0.257 e. The fourth-order valence-corrected chi connectivity index (χ4v) is 5.62. The van der Waals surface area contributed by atoms with Crippen LogP contribution in [-0.4, -0.2) is 30.0 Å². The van der Waals surface area contributed by atoms with Gasteiger partial charge in [0.15, 0.2) is 20.0 Å². The van der Waals surface area contributed by atoms with Crippen molar-refractivity contribution in [1.82, 2.24) is 9.97 Å². The first kappa shape index (κ1) is 21.0. The van der Waals surface area contributed by atoms with Crippen LogP contribution in [0.5, 0.6) is 0 Å². The number of nitrogens with zero attached hydrogens (tertiary/aromatic N) is 2. The first-order valence-electron chi connectivity index (χ1n) is 9.22. The normalized spacial score (nSPS) is 15.7. The van der Waals surface area contributed by atoms with Crippen LogP contribution in [0.15, 0.2) is 34.9 Å². The maximum absolute atomic E-state index is 12.9. The number of carbonyl (C=O) groups is 1. The number of pyridine rings is 1. The molecule has 1 N–H and O–H groups in total. The number of nitrogens with one attached hydrogen (secondary N) is 1. The zero-order valence-corrected chi connectivity index (χ0v) is 17.9. The minimum atomic E-state index is -3.54. The van der Waals surface area contributed by atoms with Crippen molar-refractivity contribution in [3.05, 3.63) is 40.5 Å². The standard InChI is InChI=1S/C19H22ClN3O3S2/c1-2-9-28(25,26)18-16(20)11-14(12-22-18)15(10-13-5-3-4-6-13)17(24)23-19-21-7-8-27-19/h7-8,10-13H,2-6,9H2,1H3,(H,21,23,24). The average molecular weight is 440 g/mol. The summed E-state index contributed by atoms with van der Waals surface area (Å²) >= 11 is 7.58. The average Bonchev–Trinajstić information content (AvgIpc) is 3.33. The summed E-state index contributed by atoms with van der Waals surface area (Å²) < 4.78 is 24.6. The predicted octanol–water partition coefficient (Wildman–Crippen LogP) is 4.59. The summed E-state index contributed by atoms with van der Waals surface area (Å²) in [4.78, 5) is 21.1. The van der Waals surface area contributed by atoms with E-state index in [1.807, 2.05) is 6.08 Å². The first-order valence-corrected chi connectivity index (χ1v) is 12.1. The number of anilines is 1. The van der Waals surface area contributed by atoms with Gasteiger partial charge in [-0.15, -0.1) is 11.3 Å². The van der Waals surface area contributed by atoms with Crippen LogP contribution in [0.2, 0.25) is 5.02 Å². The highest BCUT2D eigenvalue weighted by molar-refractivity contribution is 7.91. The van der Waals surface area contributed by atoms with Gasteiger partial charge in [-0.1, -0.05) is 37.4 Å². The molecule has 1 fully saturated rings. The lowest BCUT2D eigenvalue weighted by molar-refractivity contribution is -0.111. The van der Waals surface area contributed by atoms with Gasteiger partial charge in [0.25, 0.3) is 5.91 Å². The molecule has 9 heteroatoms. The van der Waals surface area contributed by atoms with Gasteiger partial charge in [-0.25, -0.2) is 18.4 Å². The number of thiazole rings is 1. The van der Waals surface area contributed by atoms with E-state index in [0.717, 1.165) is 25.7 Å². The molecule has 0 spiro atoms. The van der Waals surface area contributed by atoms with Gasteiger partial charge in [-0.3, -0.25) is 10.1 Å². The van der Waals surface area contributed by atoms with Crippen molar-refractivity contribution >= 4 is 49.4 Å². The predicted molar refractivity (Wildman–Crippen MR) is 112 cm³/mol. The van der Waals surface area contributed by atoms with Gasteiger partial charge >= 0.3 is 0 Å². The molecule has 1 saturated carbocycles. The topological polar surface area (TPSA) is 89.0 Å². The quantitative estimate of drug-likeness (QED) is 0.637. The summed E-state index contributed by atoms with van der Waals surface area (Å²) in [7, 11) is -3.54. The molecule has 6 nitrogen and oxygen atoms in total. The Bertz CT molecular complexity index is 966. The number of rotatable bonds is 7. The summed E-state index contributed by atoms with van der Waals surface area (Å²) in [6, 6.07) is 1.51. The molecular weight excluding hydrogens is 418 g/mol. The Kier molecular flexibility index (Phi) is 6.85. The van der Waals surface area contributed by atoms with Crippen LogP contribution >= 0.6 is 22.9 Å². The fraction of sp³-hybridized carbons (Fsp3) is 0.421. The molecule has 0 aliphatic heterocycles. The molecule has 0 atom stereocenters. The number of halogens is 1. The molecule has 1 amide bonds. The SMILES string of the molecule is CCCS(=O)(=O)c1ncc(C(=CC2CCCC2)C(=O)Nc2nccs2)cc1Cl. The van der Waals surface area contributed by atoms with Crippen molar-refractivity contribution < 1.29 is 13.2 Å². The Morgan fingerprint density at radius 2 is 2.11 bits per heavy atom. The van der Waals surface area contributed by atoms with Gasteiger partial charge in [-0.05, 0) is 31.2 Å². The van der Waals surface area contributed by atoms with E-state index in [1.165, 1.54) is 23.6 Å². The number of carbonyl (C=O) groups excluding carboxylic acids is 1. The molecule has 3 rings (SSSR count). The summed E-state index contributed by atoms with van der Waals surface area (Å²) in [5.41, 5.74) is 0.942. The molecule has 1 aliphatic rings. The number of sulfone groups is 1. The Morgan fingerprint density at radius 3 is 2.71 bits per heavy atom. The number of hydrogen-bond donors (Lipinski definition) is 1. The second kappa shape index (κ2) is 9.15. The highest BCUT2D eigenvalue weighted by atomic mass is 35.5. The molecular formula is C19H22ClN3O3S2. The number of allylic oxidation sites excluding steroid dienone is 1. The Labute approximate surface area is 174 Å². The first-order chi connectivity index (χ1) is 13.4. The summed E-state index contributed by atoms with van der Waals surface area (Å²) in [6.45, 7) is 1.78. The van der Waals surface area contributed by atoms with Crippen molar-refractivity contribution in [3.63, 3.8) is 0 Å². The number of hydrogen-bond acceptors (Lipinski definition) is 6. The highest BCUT2D eigenvalue weighted by Gasteiger charge is 2.23. The van der Waals surface area contributed by atoms with Gasteiger partial charge < -0.3 is 0 Å². The van der Waals surface area contributed by atoms with E-state index in [4.69, 9.17) is 11.6 Å². The van der Waals surface area contributed by atoms with E-state index in [1.54, 1.807) is 18.5 Å². The molecule has 150 valence electrons. The molecule has 0 unspecified atom stereocenters. The van der Waals surface area contributed by atoms with E-state index < -0.39 is 9.84 Å². The molecule has 28 heavy (non-hydrogen) atoms. The summed E-state index contributed by atoms with van der Waals surface area (Å²) in [5.74, 6) is -0.0165. The maximum Gasteiger partial charge on any atom is 0.257 e. The van der Waals surface area contributed by atoms with E-state index in [9.17, 15) is 13.2 Å². The largest absolute Gasteiger partial charge is 0.298 e. The third-order valence-electron chi connectivity index (χ3n) is 4.59. The minimum absolute atomic E-state index is 0.0195.